The third kappa shape index (κ3) is 2.48. The van der Waals surface area contributed by atoms with Crippen LogP contribution in [0, 0.1) is 6.92 Å². The highest BCUT2D eigenvalue weighted by Gasteiger charge is 2.53. The molecule has 21 heavy (non-hydrogen) atoms. The van der Waals surface area contributed by atoms with Crippen molar-refractivity contribution in [2.45, 2.75) is 44.1 Å². The number of carbonyl (C=O) groups excluding carboxylic acids is 2. The molecule has 114 valence electrons. The van der Waals surface area contributed by atoms with Gasteiger partial charge in [-0.05, 0) is 37.3 Å². The number of aryl methyl sites for hydroxylation is 1. The van der Waals surface area contributed by atoms with Gasteiger partial charge in [0.15, 0.2) is 0 Å². The lowest BCUT2D eigenvalue weighted by molar-refractivity contribution is -0.143. The van der Waals surface area contributed by atoms with Crippen molar-refractivity contribution >= 4 is 34.9 Å². The SMILES string of the molecule is Cc1ccsc1CN(C)C(=O)C1CSC2(C)CCC(=O)N12. The van der Waals surface area contributed by atoms with E-state index in [1.807, 2.05) is 11.9 Å². The van der Waals surface area contributed by atoms with Crippen molar-refractivity contribution in [3.8, 4) is 0 Å². The fourth-order valence-corrected chi connectivity index (χ4v) is 5.50. The fraction of sp³-hybridized carbons (Fsp3) is 0.600. The Kier molecular flexibility index (Phi) is 3.78. The normalized spacial score (nSPS) is 28.0. The van der Waals surface area contributed by atoms with Crippen LogP contribution in [0.2, 0.25) is 0 Å². The molecule has 0 spiro atoms. The molecule has 3 rings (SSSR count). The number of rotatable bonds is 3. The third-order valence-electron chi connectivity index (χ3n) is 4.46. The molecule has 2 fully saturated rings. The maximum absolute atomic E-state index is 12.7. The van der Waals surface area contributed by atoms with Crippen LogP contribution in [0.4, 0.5) is 0 Å². The molecule has 2 amide bonds. The van der Waals surface area contributed by atoms with Crippen LogP contribution >= 0.6 is 23.1 Å². The number of carbonyl (C=O) groups is 2. The van der Waals surface area contributed by atoms with Crippen molar-refractivity contribution in [1.82, 2.24) is 9.80 Å². The fourth-order valence-electron chi connectivity index (χ4n) is 3.12. The maximum atomic E-state index is 12.7. The Morgan fingerprint density at radius 2 is 2.33 bits per heavy atom. The highest BCUT2D eigenvalue weighted by atomic mass is 32.2. The zero-order valence-electron chi connectivity index (χ0n) is 12.6. The molecule has 0 bridgehead atoms. The summed E-state index contributed by atoms with van der Waals surface area (Å²) in [5, 5.41) is 2.05. The third-order valence-corrected chi connectivity index (χ3v) is 6.97. The summed E-state index contributed by atoms with van der Waals surface area (Å²) < 4.78 is 0. The second-order valence-electron chi connectivity index (χ2n) is 5.99. The lowest BCUT2D eigenvalue weighted by atomic mass is 10.2. The number of hydrogen-bond donors (Lipinski definition) is 0. The molecule has 0 N–H and O–H groups in total. The monoisotopic (exact) mass is 324 g/mol. The van der Waals surface area contributed by atoms with Gasteiger partial charge in [0.05, 0.1) is 11.4 Å². The molecular weight excluding hydrogens is 304 g/mol. The first kappa shape index (κ1) is 14.9. The summed E-state index contributed by atoms with van der Waals surface area (Å²) in [6, 6.07) is 1.78. The standard InChI is InChI=1S/C15H20N2O2S2/c1-10-5-7-20-12(10)8-16(3)14(19)11-9-21-15(2)6-4-13(18)17(11)15/h5,7,11H,4,6,8-9H2,1-3H3. The van der Waals surface area contributed by atoms with Crippen molar-refractivity contribution in [1.29, 1.82) is 0 Å². The van der Waals surface area contributed by atoms with Crippen molar-refractivity contribution in [2.75, 3.05) is 12.8 Å². The highest BCUT2D eigenvalue weighted by Crippen LogP contribution is 2.47. The Morgan fingerprint density at radius 3 is 3.00 bits per heavy atom. The molecule has 6 heteroatoms. The lowest BCUT2D eigenvalue weighted by Crippen LogP contribution is -2.50. The minimum Gasteiger partial charge on any atom is -0.339 e. The van der Waals surface area contributed by atoms with Gasteiger partial charge in [0.25, 0.3) is 0 Å². The maximum Gasteiger partial charge on any atom is 0.246 e. The van der Waals surface area contributed by atoms with E-state index in [0.717, 1.165) is 12.2 Å². The molecule has 3 heterocycles. The van der Waals surface area contributed by atoms with E-state index in [4.69, 9.17) is 0 Å². The van der Waals surface area contributed by atoms with Crippen LogP contribution < -0.4 is 0 Å². The Hall–Kier alpha value is -1.01. The smallest absolute Gasteiger partial charge is 0.246 e. The number of thioether (sulfide) groups is 1. The van der Waals surface area contributed by atoms with E-state index in [0.29, 0.717) is 13.0 Å². The molecule has 2 aliphatic heterocycles. The van der Waals surface area contributed by atoms with Crippen molar-refractivity contribution < 1.29 is 9.59 Å². The first-order valence-electron chi connectivity index (χ1n) is 7.16. The van der Waals surface area contributed by atoms with Crippen LogP contribution in [0.25, 0.3) is 0 Å². The first-order valence-corrected chi connectivity index (χ1v) is 9.03. The number of hydrogen-bond acceptors (Lipinski definition) is 4. The molecular formula is C15H20N2O2S2. The molecule has 2 atom stereocenters. The van der Waals surface area contributed by atoms with Gasteiger partial charge in [0.2, 0.25) is 11.8 Å². The zero-order chi connectivity index (χ0) is 15.2. The summed E-state index contributed by atoms with van der Waals surface area (Å²) in [6.45, 7) is 4.78. The lowest BCUT2D eigenvalue weighted by Gasteiger charge is -2.31. The minimum atomic E-state index is -0.291. The predicted molar refractivity (Wildman–Crippen MR) is 86.3 cm³/mol. The molecule has 2 unspecified atom stereocenters. The molecule has 1 aromatic rings. The predicted octanol–water partition coefficient (Wildman–Crippen LogP) is 2.47. The van der Waals surface area contributed by atoms with E-state index in [1.165, 1.54) is 10.4 Å². The largest absolute Gasteiger partial charge is 0.339 e. The summed E-state index contributed by atoms with van der Waals surface area (Å²) in [4.78, 5) is 29.5. The Labute approximate surface area is 133 Å². The Morgan fingerprint density at radius 1 is 1.57 bits per heavy atom. The van der Waals surface area contributed by atoms with Gasteiger partial charge >= 0.3 is 0 Å². The second-order valence-corrected chi connectivity index (χ2v) is 8.49. The first-order chi connectivity index (χ1) is 9.92. The van der Waals surface area contributed by atoms with Crippen LogP contribution in [-0.2, 0) is 16.1 Å². The quantitative estimate of drug-likeness (QED) is 0.857. The average molecular weight is 324 g/mol. The average Bonchev–Trinajstić information content (AvgIpc) is 3.07. The number of thiophene rings is 1. The Balaban J connectivity index is 1.73. The van der Waals surface area contributed by atoms with Gasteiger partial charge in [0.1, 0.15) is 6.04 Å². The van der Waals surface area contributed by atoms with Gasteiger partial charge in [-0.2, -0.15) is 0 Å². The number of amides is 2. The van der Waals surface area contributed by atoms with E-state index >= 15 is 0 Å². The molecule has 0 aliphatic carbocycles. The number of likely N-dealkylation sites (N-methyl/N-ethyl adjacent to an activating group) is 1. The van der Waals surface area contributed by atoms with Gasteiger partial charge in [0, 0.05) is 24.1 Å². The summed E-state index contributed by atoms with van der Waals surface area (Å²) in [7, 11) is 1.84. The number of nitrogens with zero attached hydrogens (tertiary/aromatic N) is 2. The molecule has 0 aromatic carbocycles. The van der Waals surface area contributed by atoms with Gasteiger partial charge in [-0.25, -0.2) is 0 Å². The van der Waals surface area contributed by atoms with Gasteiger partial charge < -0.3 is 9.80 Å². The molecule has 2 aliphatic rings. The zero-order valence-corrected chi connectivity index (χ0v) is 14.2. The molecule has 4 nitrogen and oxygen atoms in total. The highest BCUT2D eigenvalue weighted by molar-refractivity contribution is 8.01. The molecule has 1 aromatic heterocycles. The summed E-state index contributed by atoms with van der Waals surface area (Å²) in [6.07, 6.45) is 1.43. The summed E-state index contributed by atoms with van der Waals surface area (Å²) in [5.41, 5.74) is 1.22. The molecule has 2 saturated heterocycles. The van der Waals surface area contributed by atoms with Crippen LogP contribution in [0.3, 0.4) is 0 Å². The van der Waals surface area contributed by atoms with Crippen LogP contribution in [0.5, 0.6) is 0 Å². The Bertz CT molecular complexity index is 586. The van der Waals surface area contributed by atoms with E-state index in [9.17, 15) is 9.59 Å². The van der Waals surface area contributed by atoms with Crippen LogP contribution in [0.15, 0.2) is 11.4 Å². The van der Waals surface area contributed by atoms with Gasteiger partial charge in [-0.15, -0.1) is 23.1 Å². The van der Waals surface area contributed by atoms with E-state index in [2.05, 4.69) is 25.3 Å². The van der Waals surface area contributed by atoms with E-state index < -0.39 is 0 Å². The molecule has 0 saturated carbocycles. The number of fused-ring (bicyclic) bond motifs is 1. The van der Waals surface area contributed by atoms with Crippen LogP contribution in [-0.4, -0.2) is 45.3 Å². The van der Waals surface area contributed by atoms with E-state index in [-0.39, 0.29) is 22.7 Å². The van der Waals surface area contributed by atoms with Crippen LogP contribution in [0.1, 0.15) is 30.2 Å². The van der Waals surface area contributed by atoms with E-state index in [1.54, 1.807) is 28.0 Å². The second kappa shape index (κ2) is 5.32. The topological polar surface area (TPSA) is 40.6 Å². The van der Waals surface area contributed by atoms with Crippen molar-refractivity contribution in [3.05, 3.63) is 21.9 Å². The summed E-state index contributed by atoms with van der Waals surface area (Å²) >= 11 is 3.42. The van der Waals surface area contributed by atoms with Crippen molar-refractivity contribution in [2.24, 2.45) is 0 Å². The van der Waals surface area contributed by atoms with Crippen molar-refractivity contribution in [3.63, 3.8) is 0 Å². The molecule has 0 radical (unpaired) electrons. The summed E-state index contributed by atoms with van der Waals surface area (Å²) in [5.74, 6) is 0.908. The van der Waals surface area contributed by atoms with Gasteiger partial charge in [-0.3, -0.25) is 9.59 Å². The van der Waals surface area contributed by atoms with Gasteiger partial charge in [-0.1, -0.05) is 0 Å². The minimum absolute atomic E-state index is 0.0641.